The SMILES string of the molecule is Cc1ccc(Cl)c(NC(=O)[C@@H]2CCCN2)c1.Cl. The van der Waals surface area contributed by atoms with E-state index >= 15 is 0 Å². The van der Waals surface area contributed by atoms with E-state index in [0.717, 1.165) is 24.9 Å². The molecule has 94 valence electrons. The van der Waals surface area contributed by atoms with Gasteiger partial charge >= 0.3 is 0 Å². The van der Waals surface area contributed by atoms with Gasteiger partial charge in [0.2, 0.25) is 5.91 Å². The van der Waals surface area contributed by atoms with Gasteiger partial charge in [-0.15, -0.1) is 12.4 Å². The van der Waals surface area contributed by atoms with Gasteiger partial charge in [-0.25, -0.2) is 0 Å². The highest BCUT2D eigenvalue weighted by molar-refractivity contribution is 6.33. The first-order valence-corrected chi connectivity index (χ1v) is 5.85. The van der Waals surface area contributed by atoms with Crippen molar-refractivity contribution in [1.82, 2.24) is 5.32 Å². The Morgan fingerprint density at radius 1 is 1.53 bits per heavy atom. The zero-order valence-corrected chi connectivity index (χ0v) is 11.2. The second-order valence-electron chi connectivity index (χ2n) is 4.12. The highest BCUT2D eigenvalue weighted by Gasteiger charge is 2.22. The summed E-state index contributed by atoms with van der Waals surface area (Å²) in [6, 6.07) is 5.53. The molecule has 1 aromatic rings. The number of benzene rings is 1. The smallest absolute Gasteiger partial charge is 0.241 e. The lowest BCUT2D eigenvalue weighted by molar-refractivity contribution is -0.117. The van der Waals surface area contributed by atoms with Crippen molar-refractivity contribution in [3.05, 3.63) is 28.8 Å². The third-order valence-electron chi connectivity index (χ3n) is 2.76. The molecule has 0 aliphatic carbocycles. The van der Waals surface area contributed by atoms with Crippen LogP contribution in [-0.2, 0) is 4.79 Å². The average Bonchev–Trinajstić information content (AvgIpc) is 2.76. The van der Waals surface area contributed by atoms with E-state index in [-0.39, 0.29) is 24.4 Å². The molecule has 17 heavy (non-hydrogen) atoms. The molecule has 0 saturated carbocycles. The molecular weight excluding hydrogens is 259 g/mol. The van der Waals surface area contributed by atoms with Crippen molar-refractivity contribution < 1.29 is 4.79 Å². The quantitative estimate of drug-likeness (QED) is 0.871. The van der Waals surface area contributed by atoms with E-state index < -0.39 is 0 Å². The highest BCUT2D eigenvalue weighted by atomic mass is 35.5. The number of amides is 1. The maximum atomic E-state index is 11.8. The largest absolute Gasteiger partial charge is 0.323 e. The topological polar surface area (TPSA) is 41.1 Å². The normalized spacial score (nSPS) is 18.6. The Bertz CT molecular complexity index is 403. The van der Waals surface area contributed by atoms with Gasteiger partial charge in [-0.3, -0.25) is 4.79 Å². The third-order valence-corrected chi connectivity index (χ3v) is 3.09. The van der Waals surface area contributed by atoms with Crippen LogP contribution in [0.5, 0.6) is 0 Å². The molecule has 1 heterocycles. The first-order chi connectivity index (χ1) is 7.66. The lowest BCUT2D eigenvalue weighted by Crippen LogP contribution is -2.35. The molecule has 1 saturated heterocycles. The minimum atomic E-state index is -0.0726. The van der Waals surface area contributed by atoms with E-state index in [1.165, 1.54) is 0 Å². The Kier molecular flexibility index (Phi) is 5.25. The lowest BCUT2D eigenvalue weighted by Gasteiger charge is -2.12. The Balaban J connectivity index is 0.00000144. The van der Waals surface area contributed by atoms with Gasteiger partial charge in [0.15, 0.2) is 0 Å². The van der Waals surface area contributed by atoms with Crippen molar-refractivity contribution in [2.24, 2.45) is 0 Å². The molecule has 1 aliphatic heterocycles. The van der Waals surface area contributed by atoms with Crippen LogP contribution >= 0.6 is 24.0 Å². The van der Waals surface area contributed by atoms with Crippen molar-refractivity contribution in [2.75, 3.05) is 11.9 Å². The summed E-state index contributed by atoms with van der Waals surface area (Å²) in [7, 11) is 0. The lowest BCUT2D eigenvalue weighted by atomic mass is 10.2. The average molecular weight is 275 g/mol. The number of nitrogens with one attached hydrogen (secondary N) is 2. The summed E-state index contributed by atoms with van der Waals surface area (Å²) < 4.78 is 0. The van der Waals surface area contributed by atoms with Gasteiger partial charge in [-0.1, -0.05) is 17.7 Å². The first kappa shape index (κ1) is 14.3. The molecule has 0 radical (unpaired) electrons. The summed E-state index contributed by atoms with van der Waals surface area (Å²) >= 11 is 6.01. The van der Waals surface area contributed by atoms with Crippen molar-refractivity contribution in [1.29, 1.82) is 0 Å². The molecule has 3 nitrogen and oxygen atoms in total. The Morgan fingerprint density at radius 2 is 2.29 bits per heavy atom. The van der Waals surface area contributed by atoms with E-state index in [1.54, 1.807) is 6.07 Å². The number of halogens is 2. The van der Waals surface area contributed by atoms with Crippen LogP contribution in [0.25, 0.3) is 0 Å². The van der Waals surface area contributed by atoms with Crippen molar-refractivity contribution >= 4 is 35.6 Å². The molecule has 1 atom stereocenters. The Hall–Kier alpha value is -0.770. The molecular formula is C12H16Cl2N2O. The summed E-state index contributed by atoms with van der Waals surface area (Å²) in [5.74, 6) is 0.00463. The number of rotatable bonds is 2. The van der Waals surface area contributed by atoms with Gasteiger partial charge in [0.1, 0.15) is 0 Å². The van der Waals surface area contributed by atoms with Crippen LogP contribution in [0.4, 0.5) is 5.69 Å². The second-order valence-corrected chi connectivity index (χ2v) is 4.53. The van der Waals surface area contributed by atoms with Crippen LogP contribution in [0.2, 0.25) is 5.02 Å². The predicted molar refractivity (Wildman–Crippen MR) is 73.1 cm³/mol. The van der Waals surface area contributed by atoms with Gasteiger partial charge in [0.05, 0.1) is 16.8 Å². The fourth-order valence-electron chi connectivity index (χ4n) is 1.86. The number of aryl methyl sites for hydroxylation is 1. The van der Waals surface area contributed by atoms with E-state index in [9.17, 15) is 4.79 Å². The molecule has 1 fully saturated rings. The van der Waals surface area contributed by atoms with Gasteiger partial charge < -0.3 is 10.6 Å². The summed E-state index contributed by atoms with van der Waals surface area (Å²) in [4.78, 5) is 11.8. The predicted octanol–water partition coefficient (Wildman–Crippen LogP) is 2.76. The number of hydrogen-bond acceptors (Lipinski definition) is 2. The van der Waals surface area contributed by atoms with E-state index in [4.69, 9.17) is 11.6 Å². The number of hydrogen-bond donors (Lipinski definition) is 2. The first-order valence-electron chi connectivity index (χ1n) is 5.47. The molecule has 0 aromatic heterocycles. The number of carbonyl (C=O) groups is 1. The molecule has 1 amide bonds. The Labute approximate surface area is 112 Å². The van der Waals surface area contributed by atoms with Crippen LogP contribution in [0, 0.1) is 6.92 Å². The van der Waals surface area contributed by atoms with E-state index in [1.807, 2.05) is 19.1 Å². The summed E-state index contributed by atoms with van der Waals surface area (Å²) in [6.45, 7) is 2.89. The zero-order valence-electron chi connectivity index (χ0n) is 9.63. The molecule has 2 rings (SSSR count). The van der Waals surface area contributed by atoms with Crippen LogP contribution < -0.4 is 10.6 Å². The Morgan fingerprint density at radius 3 is 2.94 bits per heavy atom. The monoisotopic (exact) mass is 274 g/mol. The zero-order chi connectivity index (χ0) is 11.5. The highest BCUT2D eigenvalue weighted by Crippen LogP contribution is 2.23. The summed E-state index contributed by atoms with van der Waals surface area (Å²) in [6.07, 6.45) is 1.95. The van der Waals surface area contributed by atoms with Gasteiger partial charge in [0, 0.05) is 0 Å². The third kappa shape index (κ3) is 3.60. The number of anilines is 1. The summed E-state index contributed by atoms with van der Waals surface area (Å²) in [5, 5.41) is 6.60. The fraction of sp³-hybridized carbons (Fsp3) is 0.417. The van der Waals surface area contributed by atoms with Crippen LogP contribution in [0.15, 0.2) is 18.2 Å². The summed E-state index contributed by atoms with van der Waals surface area (Å²) in [5.41, 5.74) is 1.78. The molecule has 2 N–H and O–H groups in total. The molecule has 0 bridgehead atoms. The van der Waals surface area contributed by atoms with Crippen molar-refractivity contribution in [3.63, 3.8) is 0 Å². The molecule has 1 aromatic carbocycles. The molecule has 0 spiro atoms. The van der Waals surface area contributed by atoms with E-state index in [2.05, 4.69) is 10.6 Å². The van der Waals surface area contributed by atoms with Crippen LogP contribution in [0.3, 0.4) is 0 Å². The number of carbonyl (C=O) groups excluding carboxylic acids is 1. The maximum absolute atomic E-state index is 11.8. The van der Waals surface area contributed by atoms with Crippen molar-refractivity contribution in [3.8, 4) is 0 Å². The standard InChI is InChI=1S/C12H15ClN2O.ClH/c1-8-4-5-9(13)11(7-8)15-12(16)10-3-2-6-14-10;/h4-5,7,10,14H,2-3,6H2,1H3,(H,15,16);1H/t10-;/m0./s1. The molecule has 0 unspecified atom stereocenters. The molecule has 1 aliphatic rings. The van der Waals surface area contributed by atoms with Crippen molar-refractivity contribution in [2.45, 2.75) is 25.8 Å². The molecule has 5 heteroatoms. The second kappa shape index (κ2) is 6.24. The minimum absolute atomic E-state index is 0. The van der Waals surface area contributed by atoms with Crippen LogP contribution in [-0.4, -0.2) is 18.5 Å². The fourth-order valence-corrected chi connectivity index (χ4v) is 2.03. The minimum Gasteiger partial charge on any atom is -0.323 e. The van der Waals surface area contributed by atoms with Gasteiger partial charge in [-0.05, 0) is 44.0 Å². The van der Waals surface area contributed by atoms with Gasteiger partial charge in [-0.2, -0.15) is 0 Å². The van der Waals surface area contributed by atoms with E-state index in [0.29, 0.717) is 10.7 Å². The maximum Gasteiger partial charge on any atom is 0.241 e. The van der Waals surface area contributed by atoms with Crippen LogP contribution in [0.1, 0.15) is 18.4 Å². The van der Waals surface area contributed by atoms with Gasteiger partial charge in [0.25, 0.3) is 0 Å².